The molecule has 0 amide bonds. The van der Waals surface area contributed by atoms with Crippen molar-refractivity contribution in [2.75, 3.05) is 44.2 Å². The van der Waals surface area contributed by atoms with Crippen molar-refractivity contribution in [1.82, 2.24) is 4.90 Å². The van der Waals surface area contributed by atoms with Gasteiger partial charge in [0.1, 0.15) is 0 Å². The fourth-order valence-corrected chi connectivity index (χ4v) is 4.35. The third-order valence-electron chi connectivity index (χ3n) is 5.93. The number of aliphatic hydroxyl groups is 1. The maximum absolute atomic E-state index is 9.45. The normalized spacial score (nSPS) is 21.1. The van der Waals surface area contributed by atoms with E-state index in [-0.39, 0.29) is 12.0 Å². The van der Waals surface area contributed by atoms with Crippen LogP contribution in [0.1, 0.15) is 38.5 Å². The van der Waals surface area contributed by atoms with E-state index in [1.54, 1.807) is 0 Å². The molecular weight excluding hydrogens is 348 g/mol. The van der Waals surface area contributed by atoms with E-state index in [9.17, 15) is 5.11 Å². The SMILES string of the molecule is NC(=NCC1(CCO)CCCCC1)N1CCN(c2ccc(Cl)cc2)CC1. The maximum Gasteiger partial charge on any atom is 0.191 e. The van der Waals surface area contributed by atoms with Gasteiger partial charge in [-0.15, -0.1) is 0 Å². The molecule has 0 spiro atoms. The first-order chi connectivity index (χ1) is 12.6. The van der Waals surface area contributed by atoms with Gasteiger partial charge in [0.2, 0.25) is 0 Å². The summed E-state index contributed by atoms with van der Waals surface area (Å²) in [4.78, 5) is 9.28. The second-order valence-electron chi connectivity index (χ2n) is 7.66. The van der Waals surface area contributed by atoms with E-state index >= 15 is 0 Å². The Morgan fingerprint density at radius 1 is 1.08 bits per heavy atom. The summed E-state index contributed by atoms with van der Waals surface area (Å²) in [6.07, 6.45) is 6.96. The van der Waals surface area contributed by atoms with Crippen LogP contribution in [0.3, 0.4) is 0 Å². The Morgan fingerprint density at radius 2 is 1.73 bits per heavy atom. The molecule has 26 heavy (non-hydrogen) atoms. The molecule has 1 aromatic carbocycles. The molecule has 5 nitrogen and oxygen atoms in total. The molecule has 1 saturated heterocycles. The van der Waals surface area contributed by atoms with Gasteiger partial charge in [-0.25, -0.2) is 0 Å². The molecule has 0 atom stereocenters. The highest BCUT2D eigenvalue weighted by Gasteiger charge is 2.31. The van der Waals surface area contributed by atoms with Crippen LogP contribution in [0.4, 0.5) is 5.69 Å². The fraction of sp³-hybridized carbons (Fsp3) is 0.650. The standard InChI is InChI=1S/C20H31ClN4O/c21-17-4-6-18(7-5-17)24-11-13-25(14-12-24)19(22)23-16-20(10-15-26)8-2-1-3-9-20/h4-7,26H,1-3,8-16H2,(H2,22,23). The van der Waals surface area contributed by atoms with Crippen molar-refractivity contribution in [3.63, 3.8) is 0 Å². The first kappa shape index (κ1) is 19.3. The second-order valence-corrected chi connectivity index (χ2v) is 8.10. The number of guanidine groups is 1. The van der Waals surface area contributed by atoms with E-state index in [0.717, 1.165) is 57.0 Å². The Labute approximate surface area is 161 Å². The molecule has 144 valence electrons. The van der Waals surface area contributed by atoms with E-state index in [0.29, 0.717) is 5.96 Å². The predicted molar refractivity (Wildman–Crippen MR) is 109 cm³/mol. The summed E-state index contributed by atoms with van der Waals surface area (Å²) in [7, 11) is 0. The molecule has 2 fully saturated rings. The number of aliphatic imine (C=N–C) groups is 1. The highest BCUT2D eigenvalue weighted by molar-refractivity contribution is 6.30. The largest absolute Gasteiger partial charge is 0.396 e. The summed E-state index contributed by atoms with van der Waals surface area (Å²) in [5.41, 5.74) is 7.66. The van der Waals surface area contributed by atoms with Crippen molar-refractivity contribution < 1.29 is 5.11 Å². The maximum atomic E-state index is 9.45. The van der Waals surface area contributed by atoms with Gasteiger partial charge in [-0.2, -0.15) is 0 Å². The number of nitrogens with two attached hydrogens (primary N) is 1. The zero-order valence-corrected chi connectivity index (χ0v) is 16.3. The van der Waals surface area contributed by atoms with Crippen LogP contribution >= 0.6 is 11.6 Å². The van der Waals surface area contributed by atoms with Gasteiger partial charge >= 0.3 is 0 Å². The quantitative estimate of drug-likeness (QED) is 0.610. The molecule has 1 aliphatic heterocycles. The monoisotopic (exact) mass is 378 g/mol. The number of halogens is 1. The number of benzene rings is 1. The minimum atomic E-state index is 0.156. The average Bonchev–Trinajstić information content (AvgIpc) is 2.68. The summed E-state index contributed by atoms with van der Waals surface area (Å²) >= 11 is 5.97. The van der Waals surface area contributed by atoms with Gasteiger partial charge in [0.05, 0.1) is 0 Å². The van der Waals surface area contributed by atoms with Gasteiger partial charge in [-0.3, -0.25) is 4.99 Å². The molecule has 0 bridgehead atoms. The smallest absolute Gasteiger partial charge is 0.191 e. The van der Waals surface area contributed by atoms with Crippen LogP contribution in [-0.4, -0.2) is 55.3 Å². The summed E-state index contributed by atoms with van der Waals surface area (Å²) in [5.74, 6) is 0.656. The van der Waals surface area contributed by atoms with Crippen molar-refractivity contribution in [3.8, 4) is 0 Å². The van der Waals surface area contributed by atoms with Gasteiger partial charge in [-0.05, 0) is 48.9 Å². The Morgan fingerprint density at radius 3 is 2.35 bits per heavy atom. The van der Waals surface area contributed by atoms with Crippen molar-refractivity contribution >= 4 is 23.2 Å². The summed E-state index contributed by atoms with van der Waals surface area (Å²) in [5, 5.41) is 10.2. The summed E-state index contributed by atoms with van der Waals surface area (Å²) < 4.78 is 0. The van der Waals surface area contributed by atoms with Gasteiger partial charge in [-0.1, -0.05) is 30.9 Å². The van der Waals surface area contributed by atoms with Crippen LogP contribution in [0, 0.1) is 5.41 Å². The van der Waals surface area contributed by atoms with Crippen LogP contribution < -0.4 is 10.6 Å². The lowest BCUT2D eigenvalue weighted by Gasteiger charge is -2.38. The van der Waals surface area contributed by atoms with Gasteiger partial charge in [0, 0.05) is 50.0 Å². The molecule has 3 N–H and O–H groups in total. The number of rotatable bonds is 5. The molecular formula is C20H31ClN4O. The van der Waals surface area contributed by atoms with Crippen molar-refractivity contribution in [2.24, 2.45) is 16.1 Å². The zero-order chi connectivity index (χ0) is 18.4. The van der Waals surface area contributed by atoms with Crippen molar-refractivity contribution in [2.45, 2.75) is 38.5 Å². The highest BCUT2D eigenvalue weighted by Crippen LogP contribution is 2.39. The Kier molecular flexibility index (Phi) is 6.65. The van der Waals surface area contributed by atoms with E-state index in [2.05, 4.69) is 21.9 Å². The Bertz CT molecular complexity index is 585. The van der Waals surface area contributed by atoms with E-state index in [4.69, 9.17) is 22.3 Å². The molecule has 0 unspecified atom stereocenters. The minimum Gasteiger partial charge on any atom is -0.396 e. The van der Waals surface area contributed by atoms with Crippen LogP contribution in [0.25, 0.3) is 0 Å². The van der Waals surface area contributed by atoms with Crippen molar-refractivity contribution in [3.05, 3.63) is 29.3 Å². The van der Waals surface area contributed by atoms with E-state index in [1.165, 1.54) is 24.9 Å². The number of hydrogen-bond donors (Lipinski definition) is 2. The topological polar surface area (TPSA) is 65.1 Å². The highest BCUT2D eigenvalue weighted by atomic mass is 35.5. The van der Waals surface area contributed by atoms with Crippen LogP contribution in [0.5, 0.6) is 0 Å². The summed E-state index contributed by atoms with van der Waals surface area (Å²) in [6, 6.07) is 8.00. The molecule has 1 saturated carbocycles. The van der Waals surface area contributed by atoms with Crippen LogP contribution in [0.15, 0.2) is 29.3 Å². The average molecular weight is 379 g/mol. The molecule has 0 radical (unpaired) electrons. The van der Waals surface area contributed by atoms with Gasteiger partial charge in [0.15, 0.2) is 5.96 Å². The number of nitrogens with zero attached hydrogens (tertiary/aromatic N) is 3. The van der Waals surface area contributed by atoms with E-state index in [1.807, 2.05) is 12.1 Å². The molecule has 3 rings (SSSR count). The molecule has 1 aromatic rings. The number of hydrogen-bond acceptors (Lipinski definition) is 3. The fourth-order valence-electron chi connectivity index (χ4n) is 4.22. The molecule has 1 aliphatic carbocycles. The van der Waals surface area contributed by atoms with Gasteiger partial charge < -0.3 is 20.6 Å². The molecule has 6 heteroatoms. The first-order valence-corrected chi connectivity index (χ1v) is 10.2. The zero-order valence-electron chi connectivity index (χ0n) is 15.5. The second kappa shape index (κ2) is 8.96. The van der Waals surface area contributed by atoms with Gasteiger partial charge in [0.25, 0.3) is 0 Å². The third-order valence-corrected chi connectivity index (χ3v) is 6.18. The molecule has 2 aliphatic rings. The lowest BCUT2D eigenvalue weighted by molar-refractivity contribution is 0.137. The minimum absolute atomic E-state index is 0.156. The Hall–Kier alpha value is -1.46. The van der Waals surface area contributed by atoms with Crippen LogP contribution in [0.2, 0.25) is 5.02 Å². The lowest BCUT2D eigenvalue weighted by atomic mass is 9.72. The third kappa shape index (κ3) is 4.83. The summed E-state index contributed by atoms with van der Waals surface area (Å²) in [6.45, 7) is 4.61. The number of aliphatic hydroxyl groups excluding tert-OH is 1. The molecule has 0 aromatic heterocycles. The number of piperazine rings is 1. The number of anilines is 1. The van der Waals surface area contributed by atoms with Crippen molar-refractivity contribution in [1.29, 1.82) is 0 Å². The lowest BCUT2D eigenvalue weighted by Crippen LogP contribution is -2.51. The predicted octanol–water partition coefficient (Wildman–Crippen LogP) is 3.11. The van der Waals surface area contributed by atoms with E-state index < -0.39 is 0 Å². The molecule has 1 heterocycles. The van der Waals surface area contributed by atoms with Crippen LogP contribution in [-0.2, 0) is 0 Å². The first-order valence-electron chi connectivity index (χ1n) is 9.78. The Balaban J connectivity index is 1.54.